The number of hydrogen-bond acceptors (Lipinski definition) is 5. The first-order valence-electron chi connectivity index (χ1n) is 9.86. The molecule has 0 saturated heterocycles. The summed E-state index contributed by atoms with van der Waals surface area (Å²) in [6.45, 7) is 5.05. The molecule has 0 bridgehead atoms. The molecule has 156 valence electrons. The van der Waals surface area contributed by atoms with Gasteiger partial charge in [-0.1, -0.05) is 40.2 Å². The Morgan fingerprint density at radius 2 is 1.67 bits per heavy atom. The third-order valence-corrected chi connectivity index (χ3v) is 7.36. The maximum absolute atomic E-state index is 12.8. The third-order valence-electron chi connectivity index (χ3n) is 4.81. The van der Waals surface area contributed by atoms with Crippen LogP contribution in [0.2, 0.25) is 0 Å². The fourth-order valence-electron chi connectivity index (χ4n) is 3.54. The molecule has 2 heterocycles. The fraction of sp³-hybridized carbons (Fsp3) is 0.273. The zero-order chi connectivity index (χ0) is 21.1. The van der Waals surface area contributed by atoms with E-state index in [1.165, 1.54) is 0 Å². The summed E-state index contributed by atoms with van der Waals surface area (Å²) in [7, 11) is -3.10. The number of hydrogen-bond donors (Lipinski definition) is 0. The molecule has 0 aliphatic carbocycles. The summed E-state index contributed by atoms with van der Waals surface area (Å²) < 4.78 is 26.7. The number of benzene rings is 2. The van der Waals surface area contributed by atoms with E-state index in [2.05, 4.69) is 36.5 Å². The monoisotopic (exact) mass is 487 g/mol. The van der Waals surface area contributed by atoms with Gasteiger partial charge in [-0.25, -0.2) is 4.98 Å². The van der Waals surface area contributed by atoms with Gasteiger partial charge in [-0.2, -0.15) is 0 Å². The molecule has 0 N–H and O–H groups in total. The minimum Gasteiger partial charge on any atom is -0.325 e. The molecule has 30 heavy (non-hydrogen) atoms. The molecule has 2 aromatic heterocycles. The van der Waals surface area contributed by atoms with E-state index < -0.39 is 7.60 Å². The highest BCUT2D eigenvalue weighted by molar-refractivity contribution is 9.10. The van der Waals surface area contributed by atoms with Gasteiger partial charge in [0, 0.05) is 16.4 Å². The Labute approximate surface area is 183 Å². The molecule has 0 aliphatic rings. The van der Waals surface area contributed by atoms with Crippen molar-refractivity contribution in [3.8, 4) is 0 Å². The first-order chi connectivity index (χ1) is 14.5. The second-order valence-electron chi connectivity index (χ2n) is 6.95. The van der Waals surface area contributed by atoms with E-state index in [1.807, 2.05) is 62.8 Å². The SMILES string of the molecule is CCOP(=O)(Cc1ccc(Cn2cnc3cnc4cc(Br)ccc4c32)cc1)OCC. The number of rotatable bonds is 8. The van der Waals surface area contributed by atoms with Crippen LogP contribution in [-0.4, -0.2) is 27.7 Å². The van der Waals surface area contributed by atoms with E-state index in [4.69, 9.17) is 9.05 Å². The lowest BCUT2D eigenvalue weighted by atomic mass is 10.1. The highest BCUT2D eigenvalue weighted by Crippen LogP contribution is 2.51. The molecular formula is C22H23BrN3O3P. The van der Waals surface area contributed by atoms with Crippen molar-refractivity contribution in [2.75, 3.05) is 13.2 Å². The van der Waals surface area contributed by atoms with Crippen LogP contribution in [0.4, 0.5) is 0 Å². The van der Waals surface area contributed by atoms with E-state index in [9.17, 15) is 4.57 Å². The van der Waals surface area contributed by atoms with Crippen LogP contribution < -0.4 is 0 Å². The Hall–Kier alpha value is -2.05. The number of halogens is 1. The van der Waals surface area contributed by atoms with E-state index in [1.54, 1.807) is 0 Å². The van der Waals surface area contributed by atoms with Gasteiger partial charge >= 0.3 is 7.60 Å². The maximum Gasteiger partial charge on any atom is 0.335 e. The van der Waals surface area contributed by atoms with Crippen LogP contribution >= 0.6 is 23.5 Å². The van der Waals surface area contributed by atoms with Crippen molar-refractivity contribution >= 4 is 45.5 Å². The van der Waals surface area contributed by atoms with Gasteiger partial charge in [0.2, 0.25) is 0 Å². The van der Waals surface area contributed by atoms with Crippen molar-refractivity contribution in [1.29, 1.82) is 0 Å². The Morgan fingerprint density at radius 3 is 2.37 bits per heavy atom. The molecular weight excluding hydrogens is 465 g/mol. The second-order valence-corrected chi connectivity index (χ2v) is 9.92. The highest BCUT2D eigenvalue weighted by Gasteiger charge is 2.23. The lowest BCUT2D eigenvalue weighted by molar-refractivity contribution is 0.219. The molecule has 0 radical (unpaired) electrons. The number of fused-ring (bicyclic) bond motifs is 3. The number of aromatic nitrogens is 3. The Morgan fingerprint density at radius 1 is 0.967 bits per heavy atom. The average Bonchev–Trinajstić information content (AvgIpc) is 3.12. The highest BCUT2D eigenvalue weighted by atomic mass is 79.9. The number of imidazole rings is 1. The predicted octanol–water partition coefficient (Wildman–Crippen LogP) is 6.16. The third kappa shape index (κ3) is 4.49. The Kier molecular flexibility index (Phi) is 6.34. The summed E-state index contributed by atoms with van der Waals surface area (Å²) >= 11 is 3.51. The van der Waals surface area contributed by atoms with Crippen molar-refractivity contribution in [1.82, 2.24) is 14.5 Å². The van der Waals surface area contributed by atoms with Crippen LogP contribution in [0.5, 0.6) is 0 Å². The van der Waals surface area contributed by atoms with Crippen molar-refractivity contribution in [2.24, 2.45) is 0 Å². The van der Waals surface area contributed by atoms with Crippen LogP contribution in [0.25, 0.3) is 21.9 Å². The molecule has 0 atom stereocenters. The number of pyridine rings is 1. The minimum absolute atomic E-state index is 0.272. The van der Waals surface area contributed by atoms with Crippen LogP contribution in [0.1, 0.15) is 25.0 Å². The fourth-order valence-corrected chi connectivity index (χ4v) is 5.59. The van der Waals surface area contributed by atoms with Crippen molar-refractivity contribution in [2.45, 2.75) is 26.6 Å². The molecule has 0 spiro atoms. The summed E-state index contributed by atoms with van der Waals surface area (Å²) in [5.74, 6) is 0. The van der Waals surface area contributed by atoms with Crippen LogP contribution in [0.15, 0.2) is 59.5 Å². The second kappa shape index (κ2) is 8.98. The molecule has 0 amide bonds. The van der Waals surface area contributed by atoms with Crippen molar-refractivity contribution in [3.05, 3.63) is 70.6 Å². The first kappa shape index (κ1) is 21.2. The average molecular weight is 488 g/mol. The maximum atomic E-state index is 12.8. The first-order valence-corrected chi connectivity index (χ1v) is 12.4. The van der Waals surface area contributed by atoms with Crippen LogP contribution in [0, 0.1) is 0 Å². The largest absolute Gasteiger partial charge is 0.335 e. The summed E-state index contributed by atoms with van der Waals surface area (Å²) in [4.78, 5) is 9.02. The molecule has 0 fully saturated rings. The van der Waals surface area contributed by atoms with Gasteiger partial charge in [0.1, 0.15) is 5.52 Å². The van der Waals surface area contributed by atoms with Gasteiger partial charge in [-0.05, 0) is 43.2 Å². The van der Waals surface area contributed by atoms with Crippen molar-refractivity contribution in [3.63, 3.8) is 0 Å². The Bertz CT molecular complexity index is 1210. The van der Waals surface area contributed by atoms with E-state index in [-0.39, 0.29) is 6.16 Å². The molecule has 4 aromatic rings. The molecule has 0 saturated carbocycles. The lowest BCUT2D eigenvalue weighted by Crippen LogP contribution is -2.01. The van der Waals surface area contributed by atoms with E-state index >= 15 is 0 Å². The van der Waals surface area contributed by atoms with Gasteiger partial charge in [0.15, 0.2) is 0 Å². The minimum atomic E-state index is -3.10. The summed E-state index contributed by atoms with van der Waals surface area (Å²) in [5.41, 5.74) is 4.92. The molecule has 8 heteroatoms. The molecule has 0 aliphatic heterocycles. The molecule has 0 unspecified atom stereocenters. The summed E-state index contributed by atoms with van der Waals surface area (Å²) in [6.07, 6.45) is 3.93. The van der Waals surface area contributed by atoms with Gasteiger partial charge < -0.3 is 13.6 Å². The van der Waals surface area contributed by atoms with Crippen LogP contribution in [-0.2, 0) is 26.3 Å². The molecule has 6 nitrogen and oxygen atoms in total. The summed E-state index contributed by atoms with van der Waals surface area (Å²) in [5, 5.41) is 1.07. The summed E-state index contributed by atoms with van der Waals surface area (Å²) in [6, 6.07) is 14.1. The predicted molar refractivity (Wildman–Crippen MR) is 123 cm³/mol. The molecule has 4 rings (SSSR count). The normalized spacial score (nSPS) is 12.1. The van der Waals surface area contributed by atoms with Crippen molar-refractivity contribution < 1.29 is 13.6 Å². The molecule has 2 aromatic carbocycles. The lowest BCUT2D eigenvalue weighted by Gasteiger charge is -2.17. The van der Waals surface area contributed by atoms with Gasteiger partial charge in [-0.15, -0.1) is 0 Å². The zero-order valence-electron chi connectivity index (χ0n) is 16.9. The number of nitrogens with zero attached hydrogens (tertiary/aromatic N) is 3. The van der Waals surface area contributed by atoms with Crippen LogP contribution in [0.3, 0.4) is 0 Å². The van der Waals surface area contributed by atoms with E-state index in [0.717, 1.165) is 37.5 Å². The quantitative estimate of drug-likeness (QED) is 0.278. The zero-order valence-corrected chi connectivity index (χ0v) is 19.4. The van der Waals surface area contributed by atoms with Gasteiger partial charge in [0.25, 0.3) is 0 Å². The topological polar surface area (TPSA) is 66.2 Å². The Balaban J connectivity index is 1.59. The smallest absolute Gasteiger partial charge is 0.325 e. The standard InChI is InChI=1S/C22H23BrN3O3P/c1-3-28-30(27,29-4-2)14-17-7-5-16(6-8-17)13-26-15-25-21-12-24-20-11-18(23)9-10-19(20)22(21)26/h5-12,15H,3-4,13-14H2,1-2H3. The van der Waals surface area contributed by atoms with Gasteiger partial charge in [-0.3, -0.25) is 9.55 Å². The van der Waals surface area contributed by atoms with Gasteiger partial charge in [0.05, 0.1) is 42.9 Å². The van der Waals surface area contributed by atoms with E-state index in [0.29, 0.717) is 19.8 Å².